The van der Waals surface area contributed by atoms with Gasteiger partial charge in [0, 0.05) is 25.3 Å². The number of carbonyl (C=O) groups excluding carboxylic acids is 1. The summed E-state index contributed by atoms with van der Waals surface area (Å²) in [4.78, 5) is 20.6. The zero-order valence-electron chi connectivity index (χ0n) is 11.7. The molecule has 0 bridgehead atoms. The van der Waals surface area contributed by atoms with Crippen molar-refractivity contribution >= 4 is 5.91 Å². The van der Waals surface area contributed by atoms with Gasteiger partial charge in [-0.25, -0.2) is 0 Å². The van der Waals surface area contributed by atoms with E-state index in [1.54, 1.807) is 18.5 Å². The van der Waals surface area contributed by atoms with Crippen LogP contribution in [0.4, 0.5) is 0 Å². The molecule has 0 aromatic carbocycles. The van der Waals surface area contributed by atoms with Crippen molar-refractivity contribution in [2.75, 3.05) is 32.8 Å². The molecule has 20 heavy (non-hydrogen) atoms. The smallest absolute Gasteiger partial charge is 0.260 e. The molecule has 2 fully saturated rings. The third kappa shape index (κ3) is 3.10. The number of pyridine rings is 1. The van der Waals surface area contributed by atoms with Crippen LogP contribution in [0.5, 0.6) is 5.75 Å². The van der Waals surface area contributed by atoms with Gasteiger partial charge in [0.05, 0.1) is 6.20 Å². The fourth-order valence-corrected chi connectivity index (χ4v) is 3.04. The van der Waals surface area contributed by atoms with Crippen LogP contribution in [0.2, 0.25) is 0 Å². The van der Waals surface area contributed by atoms with Crippen LogP contribution < -0.4 is 4.74 Å². The van der Waals surface area contributed by atoms with Crippen LogP contribution in [0.3, 0.4) is 0 Å². The third-order valence-corrected chi connectivity index (χ3v) is 4.17. The Labute approximate surface area is 119 Å². The standard InChI is InChI=1S/C15H21N3O2/c19-15(12-20-14-4-3-6-16-10-14)18-9-5-13(11-18)17-7-1-2-8-17/h3-4,6,10,13H,1-2,5,7-9,11-12H2. The number of hydrogen-bond acceptors (Lipinski definition) is 4. The zero-order valence-corrected chi connectivity index (χ0v) is 11.7. The largest absolute Gasteiger partial charge is 0.482 e. The predicted molar refractivity (Wildman–Crippen MR) is 75.5 cm³/mol. The van der Waals surface area contributed by atoms with E-state index in [4.69, 9.17) is 4.74 Å². The summed E-state index contributed by atoms with van der Waals surface area (Å²) in [5.74, 6) is 0.728. The van der Waals surface area contributed by atoms with Crippen molar-refractivity contribution in [1.82, 2.24) is 14.8 Å². The fourth-order valence-electron chi connectivity index (χ4n) is 3.04. The number of carbonyl (C=O) groups is 1. The highest BCUT2D eigenvalue weighted by Crippen LogP contribution is 2.20. The molecule has 0 aliphatic carbocycles. The molecule has 1 aromatic rings. The van der Waals surface area contributed by atoms with E-state index in [1.165, 1.54) is 25.9 Å². The number of nitrogens with zero attached hydrogens (tertiary/aromatic N) is 3. The van der Waals surface area contributed by atoms with E-state index in [9.17, 15) is 4.79 Å². The second-order valence-electron chi connectivity index (χ2n) is 5.50. The number of amides is 1. The lowest BCUT2D eigenvalue weighted by molar-refractivity contribution is -0.132. The monoisotopic (exact) mass is 275 g/mol. The first-order valence-electron chi connectivity index (χ1n) is 7.37. The van der Waals surface area contributed by atoms with Gasteiger partial charge >= 0.3 is 0 Å². The molecule has 5 heteroatoms. The molecule has 2 aliphatic heterocycles. The summed E-state index contributed by atoms with van der Waals surface area (Å²) in [5.41, 5.74) is 0. The lowest BCUT2D eigenvalue weighted by Gasteiger charge is -2.23. The maximum Gasteiger partial charge on any atom is 0.260 e. The summed E-state index contributed by atoms with van der Waals surface area (Å²) in [6, 6.07) is 4.18. The Morgan fingerprint density at radius 3 is 2.95 bits per heavy atom. The molecule has 0 saturated carbocycles. The first-order chi connectivity index (χ1) is 9.83. The van der Waals surface area contributed by atoms with E-state index in [0.717, 1.165) is 19.5 Å². The number of rotatable bonds is 4. The highest BCUT2D eigenvalue weighted by molar-refractivity contribution is 5.78. The molecule has 108 valence electrons. The molecular weight excluding hydrogens is 254 g/mol. The van der Waals surface area contributed by atoms with E-state index in [1.807, 2.05) is 11.0 Å². The first-order valence-corrected chi connectivity index (χ1v) is 7.37. The van der Waals surface area contributed by atoms with E-state index in [2.05, 4.69) is 9.88 Å². The number of likely N-dealkylation sites (tertiary alicyclic amines) is 2. The Morgan fingerprint density at radius 1 is 1.35 bits per heavy atom. The van der Waals surface area contributed by atoms with Crippen LogP contribution in [-0.2, 0) is 4.79 Å². The van der Waals surface area contributed by atoms with Gasteiger partial charge in [-0.1, -0.05) is 0 Å². The van der Waals surface area contributed by atoms with Gasteiger partial charge in [0.15, 0.2) is 6.61 Å². The zero-order chi connectivity index (χ0) is 13.8. The summed E-state index contributed by atoms with van der Waals surface area (Å²) in [7, 11) is 0. The van der Waals surface area contributed by atoms with Crippen LogP contribution in [-0.4, -0.2) is 59.5 Å². The Balaban J connectivity index is 1.46. The Kier molecular flexibility index (Phi) is 4.16. The molecule has 5 nitrogen and oxygen atoms in total. The Morgan fingerprint density at radius 2 is 2.20 bits per heavy atom. The topological polar surface area (TPSA) is 45.7 Å². The quantitative estimate of drug-likeness (QED) is 0.827. The van der Waals surface area contributed by atoms with Gasteiger partial charge in [-0.05, 0) is 44.5 Å². The summed E-state index contributed by atoms with van der Waals surface area (Å²) in [6.45, 7) is 4.21. The molecule has 1 unspecified atom stereocenters. The average molecular weight is 275 g/mol. The van der Waals surface area contributed by atoms with Crippen LogP contribution in [0, 0.1) is 0 Å². The summed E-state index contributed by atoms with van der Waals surface area (Å²) in [5, 5.41) is 0. The number of hydrogen-bond donors (Lipinski definition) is 0. The van der Waals surface area contributed by atoms with Gasteiger partial charge in [0.2, 0.25) is 0 Å². The highest BCUT2D eigenvalue weighted by atomic mass is 16.5. The first kappa shape index (κ1) is 13.4. The fraction of sp³-hybridized carbons (Fsp3) is 0.600. The van der Waals surface area contributed by atoms with Crippen molar-refractivity contribution in [2.24, 2.45) is 0 Å². The van der Waals surface area contributed by atoms with Crippen molar-refractivity contribution in [2.45, 2.75) is 25.3 Å². The highest BCUT2D eigenvalue weighted by Gasteiger charge is 2.31. The molecule has 1 amide bonds. The second-order valence-corrected chi connectivity index (χ2v) is 5.50. The number of aromatic nitrogens is 1. The molecule has 2 aliphatic rings. The molecule has 0 N–H and O–H groups in total. The molecule has 0 radical (unpaired) electrons. The van der Waals surface area contributed by atoms with E-state index < -0.39 is 0 Å². The summed E-state index contributed by atoms with van der Waals surface area (Å²) >= 11 is 0. The van der Waals surface area contributed by atoms with Crippen molar-refractivity contribution in [3.63, 3.8) is 0 Å². The Bertz CT molecular complexity index is 446. The lowest BCUT2D eigenvalue weighted by atomic mass is 10.2. The summed E-state index contributed by atoms with van der Waals surface area (Å²) in [6.07, 6.45) is 7.02. The minimum Gasteiger partial charge on any atom is -0.482 e. The predicted octanol–water partition coefficient (Wildman–Crippen LogP) is 1.16. The Hall–Kier alpha value is -1.62. The van der Waals surface area contributed by atoms with Crippen molar-refractivity contribution in [3.05, 3.63) is 24.5 Å². The third-order valence-electron chi connectivity index (χ3n) is 4.17. The van der Waals surface area contributed by atoms with Crippen LogP contribution in [0.25, 0.3) is 0 Å². The molecule has 3 heterocycles. The lowest BCUT2D eigenvalue weighted by Crippen LogP contribution is -2.38. The van der Waals surface area contributed by atoms with Crippen LogP contribution >= 0.6 is 0 Å². The molecule has 2 saturated heterocycles. The average Bonchev–Trinajstić information content (AvgIpc) is 3.16. The molecular formula is C15H21N3O2. The second kappa shape index (κ2) is 6.22. The minimum atomic E-state index is 0.0792. The van der Waals surface area contributed by atoms with Gasteiger partial charge < -0.3 is 9.64 Å². The van der Waals surface area contributed by atoms with Gasteiger partial charge in [-0.15, -0.1) is 0 Å². The summed E-state index contributed by atoms with van der Waals surface area (Å²) < 4.78 is 5.47. The van der Waals surface area contributed by atoms with Crippen LogP contribution in [0.1, 0.15) is 19.3 Å². The normalized spacial score (nSPS) is 23.2. The molecule has 3 rings (SSSR count). The SMILES string of the molecule is O=C(COc1cccnc1)N1CCC(N2CCCC2)C1. The number of ether oxygens (including phenoxy) is 1. The van der Waals surface area contributed by atoms with Gasteiger partial charge in [0.25, 0.3) is 5.91 Å². The van der Waals surface area contributed by atoms with Crippen molar-refractivity contribution < 1.29 is 9.53 Å². The minimum absolute atomic E-state index is 0.0792. The molecule has 1 atom stereocenters. The van der Waals surface area contributed by atoms with Crippen LogP contribution in [0.15, 0.2) is 24.5 Å². The van der Waals surface area contributed by atoms with E-state index in [0.29, 0.717) is 11.8 Å². The molecule has 1 aromatic heterocycles. The van der Waals surface area contributed by atoms with Gasteiger partial charge in [0.1, 0.15) is 5.75 Å². The maximum absolute atomic E-state index is 12.1. The molecule has 0 spiro atoms. The van der Waals surface area contributed by atoms with Crippen molar-refractivity contribution in [3.8, 4) is 5.75 Å². The van der Waals surface area contributed by atoms with E-state index in [-0.39, 0.29) is 12.5 Å². The van der Waals surface area contributed by atoms with Gasteiger partial charge in [-0.2, -0.15) is 0 Å². The van der Waals surface area contributed by atoms with Crippen molar-refractivity contribution in [1.29, 1.82) is 0 Å². The maximum atomic E-state index is 12.1. The van der Waals surface area contributed by atoms with Gasteiger partial charge in [-0.3, -0.25) is 14.7 Å². The van der Waals surface area contributed by atoms with E-state index >= 15 is 0 Å².